The van der Waals surface area contributed by atoms with Crippen LogP contribution < -0.4 is 5.73 Å². The summed E-state index contributed by atoms with van der Waals surface area (Å²) in [6, 6.07) is 2.55. The number of nitrogens with one attached hydrogen (secondary N) is 1. The quantitative estimate of drug-likeness (QED) is 0.701. The summed E-state index contributed by atoms with van der Waals surface area (Å²) >= 11 is 5.73. The first kappa shape index (κ1) is 10.9. The summed E-state index contributed by atoms with van der Waals surface area (Å²) in [6.07, 6.45) is 1.97. The van der Waals surface area contributed by atoms with Crippen molar-refractivity contribution in [1.29, 1.82) is 0 Å². The summed E-state index contributed by atoms with van der Waals surface area (Å²) in [6.45, 7) is 0. The number of hydrogen-bond donors (Lipinski definition) is 3. The van der Waals surface area contributed by atoms with Gasteiger partial charge in [0.1, 0.15) is 16.8 Å². The van der Waals surface area contributed by atoms with Crippen molar-refractivity contribution in [2.24, 2.45) is 5.73 Å². The number of aliphatic carboxylic acids is 1. The lowest BCUT2D eigenvalue weighted by Crippen LogP contribution is -2.32. The van der Waals surface area contributed by atoms with Gasteiger partial charge >= 0.3 is 5.97 Å². The van der Waals surface area contributed by atoms with Gasteiger partial charge < -0.3 is 15.8 Å². The van der Waals surface area contributed by atoms with Gasteiger partial charge in [-0.3, -0.25) is 4.79 Å². The second-order valence-electron chi connectivity index (χ2n) is 3.49. The molecule has 0 aliphatic carbocycles. The average molecular weight is 240 g/mol. The largest absolute Gasteiger partial charge is 0.480 e. The fraction of sp³-hybridized carbons (Fsp3) is 0.200. The lowest BCUT2D eigenvalue weighted by Gasteiger charge is -2.04. The fourth-order valence-electron chi connectivity index (χ4n) is 1.53. The Morgan fingerprint density at radius 2 is 2.38 bits per heavy atom. The van der Waals surface area contributed by atoms with Crippen LogP contribution in [0.1, 0.15) is 5.56 Å². The van der Waals surface area contributed by atoms with Crippen LogP contribution in [0.15, 0.2) is 18.3 Å². The molecule has 0 aliphatic rings. The maximum absolute atomic E-state index is 10.6. The molecule has 0 fully saturated rings. The summed E-state index contributed by atoms with van der Waals surface area (Å²) in [5.74, 6) is -1.02. The van der Waals surface area contributed by atoms with Crippen LogP contribution in [0.25, 0.3) is 11.0 Å². The van der Waals surface area contributed by atoms with Gasteiger partial charge in [0, 0.05) is 18.0 Å². The molecular weight excluding hydrogens is 230 g/mol. The molecule has 4 N–H and O–H groups in total. The summed E-state index contributed by atoms with van der Waals surface area (Å²) < 4.78 is 0. The first-order chi connectivity index (χ1) is 7.58. The van der Waals surface area contributed by atoms with Crippen molar-refractivity contribution < 1.29 is 9.90 Å². The predicted octanol–water partition coefficient (Wildman–Crippen LogP) is 1.17. The van der Waals surface area contributed by atoms with Crippen LogP contribution in [-0.2, 0) is 11.2 Å². The minimum Gasteiger partial charge on any atom is -0.480 e. The molecule has 84 valence electrons. The van der Waals surface area contributed by atoms with Crippen LogP contribution in [0.4, 0.5) is 0 Å². The van der Waals surface area contributed by atoms with Crippen LogP contribution in [0.5, 0.6) is 0 Å². The van der Waals surface area contributed by atoms with Gasteiger partial charge in [-0.2, -0.15) is 0 Å². The van der Waals surface area contributed by atoms with Crippen molar-refractivity contribution >= 4 is 28.6 Å². The lowest BCUT2D eigenvalue weighted by atomic mass is 10.1. The molecule has 2 aromatic heterocycles. The number of carboxylic acids is 1. The Kier molecular flexibility index (Phi) is 2.80. The highest BCUT2D eigenvalue weighted by molar-refractivity contribution is 6.29. The van der Waals surface area contributed by atoms with Gasteiger partial charge in [0.25, 0.3) is 0 Å². The molecule has 6 heteroatoms. The zero-order valence-corrected chi connectivity index (χ0v) is 9.03. The fourth-order valence-corrected chi connectivity index (χ4v) is 1.68. The number of fused-ring (bicyclic) bond motifs is 1. The molecule has 16 heavy (non-hydrogen) atoms. The normalized spacial score (nSPS) is 12.9. The third-order valence-electron chi connectivity index (χ3n) is 2.35. The maximum Gasteiger partial charge on any atom is 0.320 e. The maximum atomic E-state index is 10.6. The highest BCUT2D eigenvalue weighted by Crippen LogP contribution is 2.19. The van der Waals surface area contributed by atoms with E-state index in [9.17, 15) is 4.79 Å². The Labute approximate surface area is 96.2 Å². The Bertz CT molecular complexity index is 538. The Hall–Kier alpha value is -1.59. The molecule has 0 bridgehead atoms. The van der Waals surface area contributed by atoms with E-state index in [2.05, 4.69) is 9.97 Å². The summed E-state index contributed by atoms with van der Waals surface area (Å²) in [4.78, 5) is 17.6. The molecular formula is C10H10ClN3O2. The molecule has 1 atom stereocenters. The van der Waals surface area contributed by atoms with Crippen LogP contribution in [-0.4, -0.2) is 27.1 Å². The number of halogens is 1. The zero-order valence-electron chi connectivity index (χ0n) is 8.27. The van der Waals surface area contributed by atoms with Crippen molar-refractivity contribution in [1.82, 2.24) is 9.97 Å². The van der Waals surface area contributed by atoms with Gasteiger partial charge in [0.2, 0.25) is 0 Å². The molecule has 0 aromatic carbocycles. The van der Waals surface area contributed by atoms with E-state index in [1.54, 1.807) is 18.3 Å². The van der Waals surface area contributed by atoms with Crippen molar-refractivity contribution in [2.45, 2.75) is 12.5 Å². The van der Waals surface area contributed by atoms with Crippen molar-refractivity contribution in [2.75, 3.05) is 0 Å². The summed E-state index contributed by atoms with van der Waals surface area (Å²) in [5.41, 5.74) is 6.94. The van der Waals surface area contributed by atoms with Crippen molar-refractivity contribution in [3.05, 3.63) is 29.0 Å². The highest BCUT2D eigenvalue weighted by Gasteiger charge is 2.15. The van der Waals surface area contributed by atoms with E-state index in [-0.39, 0.29) is 6.42 Å². The van der Waals surface area contributed by atoms with E-state index in [4.69, 9.17) is 22.4 Å². The van der Waals surface area contributed by atoms with E-state index in [1.807, 2.05) is 0 Å². The molecule has 0 radical (unpaired) electrons. The van der Waals surface area contributed by atoms with Crippen LogP contribution >= 0.6 is 11.6 Å². The molecule has 0 unspecified atom stereocenters. The number of hydrogen-bond acceptors (Lipinski definition) is 3. The van der Waals surface area contributed by atoms with Gasteiger partial charge in [-0.25, -0.2) is 4.98 Å². The topological polar surface area (TPSA) is 92.0 Å². The molecule has 0 aliphatic heterocycles. The number of aromatic nitrogens is 2. The Balaban J connectivity index is 2.35. The Morgan fingerprint density at radius 1 is 1.62 bits per heavy atom. The van der Waals surface area contributed by atoms with E-state index < -0.39 is 12.0 Å². The number of H-pyrrole nitrogens is 1. The molecule has 0 amide bonds. The third-order valence-corrected chi connectivity index (χ3v) is 2.56. The second-order valence-corrected chi connectivity index (χ2v) is 3.88. The summed E-state index contributed by atoms with van der Waals surface area (Å²) in [7, 11) is 0. The minimum absolute atomic E-state index is 0.263. The van der Waals surface area contributed by atoms with Gasteiger partial charge in [-0.1, -0.05) is 11.6 Å². The number of rotatable bonds is 3. The second kappa shape index (κ2) is 4.11. The van der Waals surface area contributed by atoms with Gasteiger partial charge in [-0.15, -0.1) is 0 Å². The SMILES string of the molecule is N[C@@H](Cc1c[nH]c2nc(Cl)ccc12)C(=O)O. The smallest absolute Gasteiger partial charge is 0.320 e. The molecule has 5 nitrogen and oxygen atoms in total. The molecule has 2 rings (SSSR count). The number of pyridine rings is 1. The van der Waals surface area contributed by atoms with Crippen molar-refractivity contribution in [3.63, 3.8) is 0 Å². The van der Waals surface area contributed by atoms with Crippen LogP contribution in [0, 0.1) is 0 Å². The third kappa shape index (κ3) is 2.00. The van der Waals surface area contributed by atoms with E-state index in [0.717, 1.165) is 10.9 Å². The van der Waals surface area contributed by atoms with E-state index in [1.165, 1.54) is 0 Å². The zero-order chi connectivity index (χ0) is 11.7. The monoisotopic (exact) mass is 239 g/mol. The molecule has 0 saturated heterocycles. The number of carboxylic acid groups (broad SMARTS) is 1. The van der Waals surface area contributed by atoms with Crippen LogP contribution in [0.3, 0.4) is 0 Å². The van der Waals surface area contributed by atoms with Gasteiger partial charge in [-0.05, 0) is 17.7 Å². The van der Waals surface area contributed by atoms with E-state index >= 15 is 0 Å². The number of carbonyl (C=O) groups is 1. The average Bonchev–Trinajstić information content (AvgIpc) is 2.60. The van der Waals surface area contributed by atoms with Gasteiger partial charge in [0.15, 0.2) is 0 Å². The number of aromatic amines is 1. The first-order valence-electron chi connectivity index (χ1n) is 4.69. The Morgan fingerprint density at radius 3 is 3.06 bits per heavy atom. The minimum atomic E-state index is -1.02. The number of nitrogens with two attached hydrogens (primary N) is 1. The highest BCUT2D eigenvalue weighted by atomic mass is 35.5. The summed E-state index contributed by atoms with van der Waals surface area (Å²) in [5, 5.41) is 9.97. The van der Waals surface area contributed by atoms with Crippen LogP contribution in [0.2, 0.25) is 5.15 Å². The predicted molar refractivity (Wildman–Crippen MR) is 60.4 cm³/mol. The van der Waals surface area contributed by atoms with Gasteiger partial charge in [0.05, 0.1) is 0 Å². The lowest BCUT2D eigenvalue weighted by molar-refractivity contribution is -0.138. The standard InChI is InChI=1S/C10H10ClN3O2/c11-8-2-1-6-5(3-7(12)10(15)16)4-13-9(6)14-8/h1-2,4,7H,3,12H2,(H,13,14)(H,15,16)/t7-/m0/s1. The molecule has 2 heterocycles. The molecule has 0 saturated carbocycles. The first-order valence-corrected chi connectivity index (χ1v) is 5.06. The van der Waals surface area contributed by atoms with E-state index in [0.29, 0.717) is 10.8 Å². The molecule has 0 spiro atoms. The van der Waals surface area contributed by atoms with Crippen molar-refractivity contribution in [3.8, 4) is 0 Å². The molecule has 2 aromatic rings. The number of nitrogens with zero attached hydrogens (tertiary/aromatic N) is 1.